The average molecular weight is 329 g/mol. The number of hydrazine groups is 1. The van der Waals surface area contributed by atoms with Crippen LogP contribution in [0.15, 0.2) is 16.7 Å². The van der Waals surface area contributed by atoms with Crippen molar-refractivity contribution >= 4 is 44.1 Å². The molecule has 0 bridgehead atoms. The highest BCUT2D eigenvalue weighted by molar-refractivity contribution is 9.10. The van der Waals surface area contributed by atoms with Crippen LogP contribution in [0.4, 0.5) is 10.9 Å². The number of nitrogens with two attached hydrogens (primary N) is 1. The van der Waals surface area contributed by atoms with Gasteiger partial charge < -0.3 is 5.43 Å². The molecule has 94 valence electrons. The molecular weight excluding hydrogens is 320 g/mol. The van der Waals surface area contributed by atoms with Crippen LogP contribution in [0, 0.1) is 6.92 Å². The molecule has 0 radical (unpaired) electrons. The van der Waals surface area contributed by atoms with Gasteiger partial charge in [0.25, 0.3) is 5.91 Å². The maximum absolute atomic E-state index is 12.0. The van der Waals surface area contributed by atoms with E-state index in [1.54, 1.807) is 19.2 Å². The summed E-state index contributed by atoms with van der Waals surface area (Å²) in [6.07, 6.45) is 1.54. The quantitative estimate of drug-likeness (QED) is 0.583. The summed E-state index contributed by atoms with van der Waals surface area (Å²) in [4.78, 5) is 16.0. The number of nitrogen functional groups attached to an aromatic ring is 1. The van der Waals surface area contributed by atoms with Gasteiger partial charge in [0.1, 0.15) is 5.01 Å². The van der Waals surface area contributed by atoms with Gasteiger partial charge in [-0.15, -0.1) is 10.2 Å². The SMILES string of the molecule is Cc1nnc(NC(=O)c2cc(Br)cnc2NN)s1. The Morgan fingerprint density at radius 2 is 2.28 bits per heavy atom. The second kappa shape index (κ2) is 5.38. The van der Waals surface area contributed by atoms with Crippen LogP contribution in [0.1, 0.15) is 15.4 Å². The molecule has 0 saturated carbocycles. The predicted molar refractivity (Wildman–Crippen MR) is 72.3 cm³/mol. The molecule has 1 amide bonds. The number of nitrogens with zero attached hydrogens (tertiary/aromatic N) is 3. The molecule has 18 heavy (non-hydrogen) atoms. The molecule has 0 spiro atoms. The largest absolute Gasteiger partial charge is 0.308 e. The van der Waals surface area contributed by atoms with Crippen molar-refractivity contribution in [3.05, 3.63) is 27.3 Å². The number of aromatic nitrogens is 3. The lowest BCUT2D eigenvalue weighted by Crippen LogP contribution is -2.18. The fourth-order valence-corrected chi connectivity index (χ4v) is 2.16. The zero-order chi connectivity index (χ0) is 13.1. The first-order chi connectivity index (χ1) is 8.60. The maximum Gasteiger partial charge on any atom is 0.261 e. The van der Waals surface area contributed by atoms with Gasteiger partial charge in [-0.3, -0.25) is 10.1 Å². The molecule has 2 aromatic rings. The number of hydrogen-bond acceptors (Lipinski definition) is 7. The molecule has 4 N–H and O–H groups in total. The van der Waals surface area contributed by atoms with Crippen LogP contribution >= 0.6 is 27.3 Å². The van der Waals surface area contributed by atoms with Crippen LogP contribution in [0.5, 0.6) is 0 Å². The molecule has 0 unspecified atom stereocenters. The Balaban J connectivity index is 2.25. The molecule has 0 aliphatic rings. The third-order valence-corrected chi connectivity index (χ3v) is 3.17. The van der Waals surface area contributed by atoms with Gasteiger partial charge in [-0.25, -0.2) is 10.8 Å². The molecule has 2 heterocycles. The van der Waals surface area contributed by atoms with E-state index in [9.17, 15) is 4.79 Å². The summed E-state index contributed by atoms with van der Waals surface area (Å²) in [6.45, 7) is 1.81. The van der Waals surface area contributed by atoms with Gasteiger partial charge in [0.2, 0.25) is 5.13 Å². The minimum absolute atomic E-state index is 0.289. The molecule has 9 heteroatoms. The summed E-state index contributed by atoms with van der Waals surface area (Å²) in [5.74, 6) is 5.24. The zero-order valence-electron chi connectivity index (χ0n) is 9.27. The first-order valence-corrected chi connectivity index (χ1v) is 6.44. The smallest absolute Gasteiger partial charge is 0.261 e. The molecule has 2 rings (SSSR count). The lowest BCUT2D eigenvalue weighted by atomic mass is 10.2. The van der Waals surface area contributed by atoms with E-state index in [2.05, 4.69) is 41.9 Å². The highest BCUT2D eigenvalue weighted by atomic mass is 79.9. The predicted octanol–water partition coefficient (Wildman–Crippen LogP) is 1.54. The van der Waals surface area contributed by atoms with Crippen LogP contribution in [0.3, 0.4) is 0 Å². The Labute approximate surface area is 115 Å². The van der Waals surface area contributed by atoms with Gasteiger partial charge in [0.15, 0.2) is 5.82 Å². The Morgan fingerprint density at radius 3 is 2.89 bits per heavy atom. The van der Waals surface area contributed by atoms with Gasteiger partial charge in [0.05, 0.1) is 5.56 Å². The molecule has 0 atom stereocenters. The van der Waals surface area contributed by atoms with Crippen LogP contribution in [-0.2, 0) is 0 Å². The van der Waals surface area contributed by atoms with E-state index in [0.717, 1.165) is 5.01 Å². The van der Waals surface area contributed by atoms with Gasteiger partial charge in [-0.05, 0) is 28.9 Å². The Bertz CT molecular complexity index is 586. The van der Waals surface area contributed by atoms with Crippen molar-refractivity contribution in [3.8, 4) is 0 Å². The number of aryl methyl sites for hydroxylation is 1. The first-order valence-electron chi connectivity index (χ1n) is 4.84. The number of carbonyl (C=O) groups excluding carboxylic acids is 1. The normalized spacial score (nSPS) is 10.2. The molecule has 2 aromatic heterocycles. The summed E-state index contributed by atoms with van der Waals surface area (Å²) in [6, 6.07) is 1.62. The number of pyridine rings is 1. The molecule has 0 saturated heterocycles. The zero-order valence-corrected chi connectivity index (χ0v) is 11.7. The molecule has 0 aromatic carbocycles. The van der Waals surface area contributed by atoms with Crippen molar-refractivity contribution in [2.24, 2.45) is 5.84 Å². The average Bonchev–Trinajstić information content (AvgIpc) is 2.74. The van der Waals surface area contributed by atoms with Crippen molar-refractivity contribution in [3.63, 3.8) is 0 Å². The number of hydrogen-bond donors (Lipinski definition) is 3. The molecule has 0 fully saturated rings. The lowest BCUT2D eigenvalue weighted by Gasteiger charge is -2.07. The highest BCUT2D eigenvalue weighted by Gasteiger charge is 2.14. The summed E-state index contributed by atoms with van der Waals surface area (Å²) in [7, 11) is 0. The van der Waals surface area contributed by atoms with Crippen molar-refractivity contribution in [1.82, 2.24) is 15.2 Å². The third kappa shape index (κ3) is 2.81. The van der Waals surface area contributed by atoms with Gasteiger partial charge >= 0.3 is 0 Å². The molecular formula is C9H9BrN6OS. The standard InChI is InChI=1S/C9H9BrN6OS/c1-4-15-16-9(18-4)13-8(17)6-2-5(10)3-12-7(6)14-11/h2-3H,11H2,1H3,(H,12,14)(H,13,16,17). The van der Waals surface area contributed by atoms with E-state index in [1.165, 1.54) is 11.3 Å². The fourth-order valence-electron chi connectivity index (χ4n) is 1.24. The van der Waals surface area contributed by atoms with Crippen molar-refractivity contribution in [2.75, 3.05) is 10.7 Å². The van der Waals surface area contributed by atoms with Crippen LogP contribution < -0.4 is 16.6 Å². The topological polar surface area (TPSA) is 106 Å². The number of anilines is 2. The maximum atomic E-state index is 12.0. The van der Waals surface area contributed by atoms with E-state index >= 15 is 0 Å². The van der Waals surface area contributed by atoms with Crippen LogP contribution in [0.2, 0.25) is 0 Å². The van der Waals surface area contributed by atoms with Gasteiger partial charge in [-0.2, -0.15) is 0 Å². The Morgan fingerprint density at radius 1 is 1.50 bits per heavy atom. The minimum atomic E-state index is -0.354. The molecule has 0 aliphatic carbocycles. The number of carbonyl (C=O) groups is 1. The minimum Gasteiger partial charge on any atom is -0.308 e. The monoisotopic (exact) mass is 328 g/mol. The third-order valence-electron chi connectivity index (χ3n) is 1.98. The second-order valence-corrected chi connectivity index (χ2v) is 5.37. The van der Waals surface area contributed by atoms with Crippen molar-refractivity contribution in [1.29, 1.82) is 0 Å². The summed E-state index contributed by atoms with van der Waals surface area (Å²) in [5, 5.41) is 11.5. The summed E-state index contributed by atoms with van der Waals surface area (Å²) in [5.41, 5.74) is 2.69. The van der Waals surface area contributed by atoms with E-state index in [0.29, 0.717) is 15.2 Å². The molecule has 7 nitrogen and oxygen atoms in total. The molecule has 0 aliphatic heterocycles. The van der Waals surface area contributed by atoms with E-state index in [4.69, 9.17) is 5.84 Å². The van der Waals surface area contributed by atoms with Crippen LogP contribution in [-0.4, -0.2) is 21.1 Å². The van der Waals surface area contributed by atoms with E-state index < -0.39 is 0 Å². The number of amides is 1. The first kappa shape index (κ1) is 12.9. The van der Waals surface area contributed by atoms with Crippen LogP contribution in [0.25, 0.3) is 0 Å². The van der Waals surface area contributed by atoms with Gasteiger partial charge in [-0.1, -0.05) is 11.3 Å². The summed E-state index contributed by atoms with van der Waals surface area (Å²) >= 11 is 4.54. The van der Waals surface area contributed by atoms with Crippen molar-refractivity contribution in [2.45, 2.75) is 6.92 Å². The highest BCUT2D eigenvalue weighted by Crippen LogP contribution is 2.20. The van der Waals surface area contributed by atoms with E-state index in [1.807, 2.05) is 0 Å². The Kier molecular flexibility index (Phi) is 3.84. The Hall–Kier alpha value is -1.58. The second-order valence-electron chi connectivity index (χ2n) is 3.27. The number of halogens is 1. The fraction of sp³-hybridized carbons (Fsp3) is 0.111. The lowest BCUT2D eigenvalue weighted by molar-refractivity contribution is 0.102. The van der Waals surface area contributed by atoms with Crippen molar-refractivity contribution < 1.29 is 4.79 Å². The number of rotatable bonds is 3. The summed E-state index contributed by atoms with van der Waals surface area (Å²) < 4.78 is 0.681. The van der Waals surface area contributed by atoms with E-state index in [-0.39, 0.29) is 11.7 Å². The van der Waals surface area contributed by atoms with Gasteiger partial charge in [0, 0.05) is 10.7 Å². The number of nitrogens with one attached hydrogen (secondary N) is 2.